The molecular formula is C13H12N2O. The topological polar surface area (TPSA) is 42.0 Å². The van der Waals surface area contributed by atoms with Crippen LogP contribution in [0.3, 0.4) is 0 Å². The zero-order valence-electron chi connectivity index (χ0n) is 8.97. The Kier molecular flexibility index (Phi) is 2.96. The smallest absolute Gasteiger partial charge is 0.243 e. The highest BCUT2D eigenvalue weighted by Gasteiger charge is 1.94. The molecule has 0 spiro atoms. The zero-order valence-corrected chi connectivity index (χ0v) is 8.97. The van der Waals surface area contributed by atoms with Crippen LogP contribution in [0.5, 0.6) is 0 Å². The van der Waals surface area contributed by atoms with Gasteiger partial charge in [-0.15, -0.1) is 0 Å². The Bertz CT molecular complexity index is 546. The molecule has 3 nitrogen and oxygen atoms in total. The molecule has 3 heteroatoms. The lowest BCUT2D eigenvalue weighted by Crippen LogP contribution is -2.13. The van der Waals surface area contributed by atoms with E-state index in [9.17, 15) is 4.79 Å². The van der Waals surface area contributed by atoms with Crippen molar-refractivity contribution in [1.29, 1.82) is 0 Å². The maximum absolute atomic E-state index is 11.0. The lowest BCUT2D eigenvalue weighted by atomic mass is 10.1. The Balaban J connectivity index is 2.33. The summed E-state index contributed by atoms with van der Waals surface area (Å²) in [6.45, 7) is 0. The quantitative estimate of drug-likeness (QED) is 0.773. The molecule has 16 heavy (non-hydrogen) atoms. The van der Waals surface area contributed by atoms with Crippen molar-refractivity contribution in [2.24, 2.45) is 0 Å². The summed E-state index contributed by atoms with van der Waals surface area (Å²) >= 11 is 0. The minimum Gasteiger partial charge on any atom is -0.356 e. The lowest BCUT2D eigenvalue weighted by Gasteiger charge is -1.98. The molecule has 1 aromatic heterocycles. The largest absolute Gasteiger partial charge is 0.356 e. The van der Waals surface area contributed by atoms with E-state index in [1.807, 2.05) is 30.3 Å². The maximum Gasteiger partial charge on any atom is 0.243 e. The van der Waals surface area contributed by atoms with Crippen molar-refractivity contribution in [2.75, 3.05) is 7.05 Å². The molecule has 0 fully saturated rings. The Morgan fingerprint density at radius 2 is 2.25 bits per heavy atom. The summed E-state index contributed by atoms with van der Waals surface area (Å²) in [6.07, 6.45) is 5.06. The summed E-state index contributed by atoms with van der Waals surface area (Å²) in [5.74, 6) is -0.105. The fourth-order valence-electron chi connectivity index (χ4n) is 1.45. The summed E-state index contributed by atoms with van der Waals surface area (Å²) in [5.41, 5.74) is 1.95. The molecule has 0 atom stereocenters. The first kappa shape index (κ1) is 10.4. The number of amides is 1. The van der Waals surface area contributed by atoms with Crippen LogP contribution >= 0.6 is 0 Å². The predicted molar refractivity (Wildman–Crippen MR) is 64.8 cm³/mol. The molecule has 2 aromatic rings. The number of carbonyl (C=O) groups is 1. The van der Waals surface area contributed by atoms with E-state index >= 15 is 0 Å². The lowest BCUT2D eigenvalue weighted by molar-refractivity contribution is -0.115. The summed E-state index contributed by atoms with van der Waals surface area (Å²) in [5, 5.41) is 3.61. The molecule has 1 heterocycles. The molecule has 0 aliphatic carbocycles. The number of nitrogens with one attached hydrogen (secondary N) is 1. The van der Waals surface area contributed by atoms with Gasteiger partial charge in [-0.25, -0.2) is 0 Å². The third-order valence-electron chi connectivity index (χ3n) is 2.30. The molecule has 0 radical (unpaired) electrons. The molecule has 0 saturated heterocycles. The van der Waals surface area contributed by atoms with E-state index in [1.54, 1.807) is 19.3 Å². The van der Waals surface area contributed by atoms with Crippen molar-refractivity contribution in [1.82, 2.24) is 10.3 Å². The molecular weight excluding hydrogens is 200 g/mol. The van der Waals surface area contributed by atoms with Crippen LogP contribution in [0.1, 0.15) is 5.56 Å². The fraction of sp³-hybridized carbons (Fsp3) is 0.0769. The van der Waals surface area contributed by atoms with Crippen LogP contribution in [-0.4, -0.2) is 17.9 Å². The molecule has 1 aromatic carbocycles. The Morgan fingerprint density at radius 3 is 3.06 bits per heavy atom. The van der Waals surface area contributed by atoms with E-state index in [1.165, 1.54) is 6.08 Å². The van der Waals surface area contributed by atoms with Crippen molar-refractivity contribution >= 4 is 22.9 Å². The average Bonchev–Trinajstić information content (AvgIpc) is 2.35. The first-order chi connectivity index (χ1) is 7.79. The minimum absolute atomic E-state index is 0.105. The van der Waals surface area contributed by atoms with E-state index in [0.717, 1.165) is 16.5 Å². The number of hydrogen-bond donors (Lipinski definition) is 1. The second-order valence-corrected chi connectivity index (χ2v) is 3.40. The first-order valence-corrected chi connectivity index (χ1v) is 5.04. The van der Waals surface area contributed by atoms with Crippen molar-refractivity contribution in [3.05, 3.63) is 48.2 Å². The number of rotatable bonds is 2. The second-order valence-electron chi connectivity index (χ2n) is 3.40. The van der Waals surface area contributed by atoms with Gasteiger partial charge in [-0.05, 0) is 29.8 Å². The molecule has 0 aliphatic rings. The number of carbonyl (C=O) groups excluding carboxylic acids is 1. The number of likely N-dealkylation sites (N-methyl/N-ethyl adjacent to an activating group) is 1. The molecule has 1 amide bonds. The van der Waals surface area contributed by atoms with Crippen LogP contribution in [0.25, 0.3) is 17.0 Å². The molecule has 1 N–H and O–H groups in total. The van der Waals surface area contributed by atoms with Crippen molar-refractivity contribution in [3.63, 3.8) is 0 Å². The van der Waals surface area contributed by atoms with E-state index < -0.39 is 0 Å². The highest BCUT2D eigenvalue weighted by molar-refractivity contribution is 5.92. The SMILES string of the molecule is CNC(=O)/C=C/c1ccc2ncccc2c1. The number of hydrogen-bond acceptors (Lipinski definition) is 2. The van der Waals surface area contributed by atoms with Gasteiger partial charge in [-0.2, -0.15) is 0 Å². The van der Waals surface area contributed by atoms with Gasteiger partial charge in [0.15, 0.2) is 0 Å². The summed E-state index contributed by atoms with van der Waals surface area (Å²) in [4.78, 5) is 15.3. The number of aromatic nitrogens is 1. The number of benzene rings is 1. The summed E-state index contributed by atoms with van der Waals surface area (Å²) in [6, 6.07) is 9.78. The summed E-state index contributed by atoms with van der Waals surface area (Å²) < 4.78 is 0. The second kappa shape index (κ2) is 4.57. The molecule has 0 bridgehead atoms. The van der Waals surface area contributed by atoms with Crippen LogP contribution in [0.4, 0.5) is 0 Å². The molecule has 0 saturated carbocycles. The molecule has 80 valence electrons. The molecule has 0 aliphatic heterocycles. The van der Waals surface area contributed by atoms with Crippen molar-refractivity contribution < 1.29 is 4.79 Å². The first-order valence-electron chi connectivity index (χ1n) is 5.04. The van der Waals surface area contributed by atoms with Crippen LogP contribution < -0.4 is 5.32 Å². The van der Waals surface area contributed by atoms with Crippen molar-refractivity contribution in [2.45, 2.75) is 0 Å². The van der Waals surface area contributed by atoms with E-state index in [4.69, 9.17) is 0 Å². The Hall–Kier alpha value is -2.16. The van der Waals surface area contributed by atoms with Gasteiger partial charge in [0.25, 0.3) is 0 Å². The van der Waals surface area contributed by atoms with Crippen LogP contribution in [0.15, 0.2) is 42.6 Å². The highest BCUT2D eigenvalue weighted by atomic mass is 16.1. The molecule has 0 unspecified atom stereocenters. The van der Waals surface area contributed by atoms with Crippen LogP contribution in [0, 0.1) is 0 Å². The summed E-state index contributed by atoms with van der Waals surface area (Å²) in [7, 11) is 1.61. The van der Waals surface area contributed by atoms with E-state index in [2.05, 4.69) is 10.3 Å². The number of pyridine rings is 1. The van der Waals surface area contributed by atoms with Gasteiger partial charge < -0.3 is 5.32 Å². The standard InChI is InChI=1S/C13H12N2O/c1-14-13(16)7-5-10-4-6-12-11(9-10)3-2-8-15-12/h2-9H,1H3,(H,14,16)/b7-5+. The fourth-order valence-corrected chi connectivity index (χ4v) is 1.45. The average molecular weight is 212 g/mol. The third kappa shape index (κ3) is 2.25. The third-order valence-corrected chi connectivity index (χ3v) is 2.30. The van der Waals surface area contributed by atoms with Gasteiger partial charge in [-0.1, -0.05) is 12.1 Å². The maximum atomic E-state index is 11.0. The Morgan fingerprint density at radius 1 is 1.38 bits per heavy atom. The van der Waals surface area contributed by atoms with Gasteiger partial charge in [0, 0.05) is 24.7 Å². The normalized spacial score (nSPS) is 10.8. The van der Waals surface area contributed by atoms with Gasteiger partial charge in [0.1, 0.15) is 0 Å². The van der Waals surface area contributed by atoms with Gasteiger partial charge >= 0.3 is 0 Å². The van der Waals surface area contributed by atoms with Crippen molar-refractivity contribution in [3.8, 4) is 0 Å². The predicted octanol–water partition coefficient (Wildman–Crippen LogP) is 1.99. The van der Waals surface area contributed by atoms with Gasteiger partial charge in [-0.3, -0.25) is 9.78 Å². The number of fused-ring (bicyclic) bond motifs is 1. The van der Waals surface area contributed by atoms with Gasteiger partial charge in [0.05, 0.1) is 5.52 Å². The molecule has 2 rings (SSSR count). The Labute approximate surface area is 93.8 Å². The van der Waals surface area contributed by atoms with E-state index in [-0.39, 0.29) is 5.91 Å². The van der Waals surface area contributed by atoms with Crippen LogP contribution in [0.2, 0.25) is 0 Å². The number of nitrogens with zero attached hydrogens (tertiary/aromatic N) is 1. The minimum atomic E-state index is -0.105. The van der Waals surface area contributed by atoms with E-state index in [0.29, 0.717) is 0 Å². The monoisotopic (exact) mass is 212 g/mol. The van der Waals surface area contributed by atoms with Crippen LogP contribution in [-0.2, 0) is 4.79 Å². The highest BCUT2D eigenvalue weighted by Crippen LogP contribution is 2.14. The van der Waals surface area contributed by atoms with Gasteiger partial charge in [0.2, 0.25) is 5.91 Å². The zero-order chi connectivity index (χ0) is 11.4.